The molecule has 7 heteroatoms. The molecule has 0 saturated heterocycles. The van der Waals surface area contributed by atoms with Crippen LogP contribution in [0.3, 0.4) is 0 Å². The molecule has 4 nitrogen and oxygen atoms in total. The summed E-state index contributed by atoms with van der Waals surface area (Å²) in [6, 6.07) is 5.51. The molecule has 2 N–H and O–H groups in total. The lowest BCUT2D eigenvalue weighted by Crippen LogP contribution is -2.07. The molecular weight excluding hydrogens is 373 g/mol. The summed E-state index contributed by atoms with van der Waals surface area (Å²) in [6.45, 7) is 7.10. The van der Waals surface area contributed by atoms with Gasteiger partial charge in [-0.15, -0.1) is 0 Å². The lowest BCUT2D eigenvalue weighted by atomic mass is 9.95. The van der Waals surface area contributed by atoms with E-state index in [1.165, 1.54) is 24.3 Å². The molecule has 2 rings (SSSR count). The predicted molar refractivity (Wildman–Crippen MR) is 102 cm³/mol. The molecule has 2 aromatic carbocycles. The van der Waals surface area contributed by atoms with Crippen molar-refractivity contribution in [3.8, 4) is 11.5 Å². The van der Waals surface area contributed by atoms with E-state index >= 15 is 0 Å². The first-order valence-electron chi connectivity index (χ1n) is 8.89. The molecule has 0 aliphatic heterocycles. The van der Waals surface area contributed by atoms with Gasteiger partial charge < -0.3 is 14.5 Å². The number of rotatable bonds is 7. The molecule has 0 unspecified atom stereocenters. The average molecular weight is 398 g/mol. The van der Waals surface area contributed by atoms with E-state index in [1.54, 1.807) is 13.8 Å². The van der Waals surface area contributed by atoms with Crippen LogP contribution in [0.4, 0.5) is 8.78 Å². The Hall–Kier alpha value is -1.75. The lowest BCUT2D eigenvalue weighted by Gasteiger charge is -2.17. The van der Waals surface area contributed by atoms with Crippen molar-refractivity contribution >= 4 is 12.9 Å². The van der Waals surface area contributed by atoms with Crippen LogP contribution in [0.1, 0.15) is 55.7 Å². The largest absolute Gasteiger partial charge is 0.454 e. The number of halogens is 2. The smallest absolute Gasteiger partial charge is 0.356 e. The number of ether oxygens (including phenoxy) is 1. The van der Waals surface area contributed by atoms with E-state index < -0.39 is 19.2 Å². The molecule has 0 radical (unpaired) electrons. The molecule has 0 amide bonds. The summed E-state index contributed by atoms with van der Waals surface area (Å²) in [5, 5.41) is -0.142. The Kier molecular flexibility index (Phi) is 6.79. The van der Waals surface area contributed by atoms with Crippen LogP contribution >= 0.6 is 7.60 Å². The van der Waals surface area contributed by atoms with Crippen molar-refractivity contribution in [3.63, 3.8) is 0 Å². The Morgan fingerprint density at radius 3 is 2.22 bits per heavy atom. The summed E-state index contributed by atoms with van der Waals surface area (Å²) >= 11 is 0. The Morgan fingerprint density at radius 1 is 1.11 bits per heavy atom. The first-order chi connectivity index (χ1) is 12.6. The third-order valence-electron chi connectivity index (χ3n) is 4.59. The minimum absolute atomic E-state index is 0.0977. The highest BCUT2D eigenvalue weighted by atomic mass is 31.2. The number of hydrogen-bond acceptors (Lipinski definition) is 2. The molecule has 0 spiro atoms. The van der Waals surface area contributed by atoms with Crippen molar-refractivity contribution in [2.45, 2.75) is 52.9 Å². The van der Waals surface area contributed by atoms with Gasteiger partial charge in [-0.2, -0.15) is 4.39 Å². The molecule has 0 saturated carbocycles. The second-order valence-corrected chi connectivity index (χ2v) is 8.48. The standard InChI is InChI=1S/C20H25F2O4P/c1-5-6-7-12(2)16-8-9-17(19(22)18(16)21)26-20-13(3)10-15(11-14(20)4)27(23,24)25/h8-12H,5-7H2,1-4H3,(H2,23,24,25)/t12-/m1/s1. The Balaban J connectivity index is 2.36. The normalized spacial score (nSPS) is 12.9. The van der Waals surface area contributed by atoms with Crippen LogP contribution in [0.2, 0.25) is 0 Å². The number of hydrogen-bond donors (Lipinski definition) is 2. The van der Waals surface area contributed by atoms with E-state index in [0.717, 1.165) is 19.3 Å². The molecule has 2 aromatic rings. The first kappa shape index (κ1) is 21.5. The van der Waals surface area contributed by atoms with Crippen LogP contribution in [0, 0.1) is 25.5 Å². The quantitative estimate of drug-likeness (QED) is 0.607. The van der Waals surface area contributed by atoms with Gasteiger partial charge >= 0.3 is 7.60 Å². The summed E-state index contributed by atoms with van der Waals surface area (Å²) in [6.07, 6.45) is 2.69. The summed E-state index contributed by atoms with van der Waals surface area (Å²) in [5.41, 5.74) is 1.17. The van der Waals surface area contributed by atoms with Crippen LogP contribution in [0.5, 0.6) is 11.5 Å². The average Bonchev–Trinajstić information content (AvgIpc) is 2.58. The van der Waals surface area contributed by atoms with Gasteiger partial charge in [-0.3, -0.25) is 4.57 Å². The molecule has 0 heterocycles. The van der Waals surface area contributed by atoms with Crippen molar-refractivity contribution < 1.29 is 27.9 Å². The van der Waals surface area contributed by atoms with Gasteiger partial charge in [0.1, 0.15) is 5.75 Å². The molecule has 27 heavy (non-hydrogen) atoms. The molecule has 1 atom stereocenters. The zero-order valence-electron chi connectivity index (χ0n) is 15.9. The van der Waals surface area contributed by atoms with E-state index in [0.29, 0.717) is 16.7 Å². The second kappa shape index (κ2) is 8.51. The van der Waals surface area contributed by atoms with Crippen LogP contribution < -0.4 is 10.0 Å². The third kappa shape index (κ3) is 4.95. The zero-order chi connectivity index (χ0) is 20.4. The highest BCUT2D eigenvalue weighted by Crippen LogP contribution is 2.38. The molecular formula is C20H25F2O4P. The molecule has 0 bridgehead atoms. The van der Waals surface area contributed by atoms with E-state index in [2.05, 4.69) is 0 Å². The van der Waals surface area contributed by atoms with Gasteiger partial charge in [-0.25, -0.2) is 4.39 Å². The Morgan fingerprint density at radius 2 is 1.70 bits per heavy atom. The minimum Gasteiger partial charge on any atom is -0.454 e. The maximum Gasteiger partial charge on any atom is 0.356 e. The van der Waals surface area contributed by atoms with Crippen molar-refractivity contribution in [2.75, 3.05) is 0 Å². The van der Waals surface area contributed by atoms with Crippen molar-refractivity contribution in [2.24, 2.45) is 0 Å². The van der Waals surface area contributed by atoms with E-state index in [-0.39, 0.29) is 22.7 Å². The Bertz CT molecular complexity index is 854. The fourth-order valence-corrected chi connectivity index (χ4v) is 3.76. The predicted octanol–water partition coefficient (Wildman–Crippen LogP) is 5.47. The van der Waals surface area contributed by atoms with E-state index in [4.69, 9.17) is 4.74 Å². The van der Waals surface area contributed by atoms with Gasteiger partial charge in [0.05, 0.1) is 5.30 Å². The topological polar surface area (TPSA) is 66.8 Å². The first-order valence-corrected chi connectivity index (χ1v) is 10.5. The van der Waals surface area contributed by atoms with Gasteiger partial charge in [-0.1, -0.05) is 32.8 Å². The summed E-state index contributed by atoms with van der Waals surface area (Å²) in [7, 11) is -4.41. The van der Waals surface area contributed by atoms with Crippen LogP contribution in [0.15, 0.2) is 24.3 Å². The molecule has 0 aliphatic carbocycles. The minimum atomic E-state index is -4.41. The van der Waals surface area contributed by atoms with Gasteiger partial charge in [0.25, 0.3) is 0 Å². The number of benzene rings is 2. The second-order valence-electron chi connectivity index (χ2n) is 6.88. The fraction of sp³-hybridized carbons (Fsp3) is 0.400. The van der Waals surface area contributed by atoms with Crippen molar-refractivity contribution in [1.82, 2.24) is 0 Å². The molecule has 0 aromatic heterocycles. The van der Waals surface area contributed by atoms with Gasteiger partial charge in [0.15, 0.2) is 11.6 Å². The summed E-state index contributed by atoms with van der Waals surface area (Å²) < 4.78 is 46.0. The maximum absolute atomic E-state index is 14.5. The van der Waals surface area contributed by atoms with Gasteiger partial charge in [-0.05, 0) is 61.1 Å². The number of aryl methyl sites for hydroxylation is 2. The van der Waals surface area contributed by atoms with Crippen LogP contribution in [-0.4, -0.2) is 9.79 Å². The van der Waals surface area contributed by atoms with Crippen molar-refractivity contribution in [1.29, 1.82) is 0 Å². The van der Waals surface area contributed by atoms with Crippen molar-refractivity contribution in [3.05, 3.63) is 52.6 Å². The monoisotopic (exact) mass is 398 g/mol. The highest BCUT2D eigenvalue weighted by Gasteiger charge is 2.22. The maximum atomic E-state index is 14.5. The SMILES string of the molecule is CCCC[C@@H](C)c1ccc(Oc2c(C)cc(P(=O)(O)O)cc2C)c(F)c1F. The lowest BCUT2D eigenvalue weighted by molar-refractivity contribution is 0.387. The molecule has 148 valence electrons. The summed E-state index contributed by atoms with van der Waals surface area (Å²) in [4.78, 5) is 18.6. The van der Waals surface area contributed by atoms with E-state index in [1.807, 2.05) is 13.8 Å². The number of unbranched alkanes of at least 4 members (excludes halogenated alkanes) is 1. The van der Waals surface area contributed by atoms with E-state index in [9.17, 15) is 23.1 Å². The van der Waals surface area contributed by atoms with Gasteiger partial charge in [0.2, 0.25) is 5.82 Å². The van der Waals surface area contributed by atoms with Crippen LogP contribution in [0.25, 0.3) is 0 Å². The zero-order valence-corrected chi connectivity index (χ0v) is 16.8. The highest BCUT2D eigenvalue weighted by molar-refractivity contribution is 7.60. The third-order valence-corrected chi connectivity index (χ3v) is 5.52. The molecule has 0 fully saturated rings. The van der Waals surface area contributed by atoms with Gasteiger partial charge in [0, 0.05) is 0 Å². The Labute approximate surface area is 158 Å². The molecule has 0 aliphatic rings. The summed E-state index contributed by atoms with van der Waals surface area (Å²) in [5.74, 6) is -2.09. The van der Waals surface area contributed by atoms with Crippen LogP contribution in [-0.2, 0) is 4.57 Å². The fourth-order valence-electron chi connectivity index (χ4n) is 3.04.